The van der Waals surface area contributed by atoms with E-state index in [9.17, 15) is 26.9 Å². The molecule has 112 valence electrons. The van der Waals surface area contributed by atoms with Gasteiger partial charge in [0.05, 0.1) is 10.7 Å². The molecule has 0 aliphatic rings. The quantitative estimate of drug-likeness (QED) is 0.332. The minimum absolute atomic E-state index is 0.0161. The first-order valence-corrected chi connectivity index (χ1v) is 8.27. The molecule has 5 N–H and O–H groups in total. The summed E-state index contributed by atoms with van der Waals surface area (Å²) in [6, 6.07) is 3.04. The van der Waals surface area contributed by atoms with Crippen molar-refractivity contribution in [1.82, 2.24) is 4.72 Å². The third-order valence-electron chi connectivity index (χ3n) is 2.15. The molecule has 0 spiro atoms. The predicted octanol–water partition coefficient (Wildman–Crippen LogP) is -1.26. The number of primary sulfonamides is 1. The van der Waals surface area contributed by atoms with Crippen LogP contribution in [0.4, 0.5) is 11.4 Å². The summed E-state index contributed by atoms with van der Waals surface area (Å²) < 4.78 is 47.1. The van der Waals surface area contributed by atoms with E-state index in [0.29, 0.717) is 0 Å². The molecule has 20 heavy (non-hydrogen) atoms. The zero-order valence-electron chi connectivity index (χ0n) is 10.0. The number of rotatable bonds is 6. The van der Waals surface area contributed by atoms with Crippen LogP contribution >= 0.6 is 0 Å². The Bertz CT molecular complexity index is 727. The number of hydrogen-bond acceptors (Lipinski definition) is 7. The molecule has 0 saturated carbocycles. The highest BCUT2D eigenvalue weighted by atomic mass is 32.2. The second kappa shape index (κ2) is 5.70. The van der Waals surface area contributed by atoms with Crippen LogP contribution in [0.25, 0.3) is 0 Å². The van der Waals surface area contributed by atoms with Crippen LogP contribution in [0, 0.1) is 10.1 Å². The van der Waals surface area contributed by atoms with E-state index >= 15 is 0 Å². The predicted molar refractivity (Wildman–Crippen MR) is 70.7 cm³/mol. The fourth-order valence-electron chi connectivity index (χ4n) is 1.29. The van der Waals surface area contributed by atoms with Crippen molar-refractivity contribution in [3.05, 3.63) is 28.3 Å². The molecule has 0 radical (unpaired) electrons. The van der Waals surface area contributed by atoms with Crippen molar-refractivity contribution < 1.29 is 21.8 Å². The average molecular weight is 324 g/mol. The Hall–Kier alpha value is -1.76. The number of hydrogen-bond donors (Lipinski definition) is 3. The molecule has 0 aliphatic carbocycles. The van der Waals surface area contributed by atoms with Crippen LogP contribution in [-0.2, 0) is 20.0 Å². The number of sulfonamides is 2. The molecule has 0 amide bonds. The van der Waals surface area contributed by atoms with Gasteiger partial charge >= 0.3 is 0 Å². The number of nitro groups is 1. The second-order valence-electron chi connectivity index (χ2n) is 3.75. The normalized spacial score (nSPS) is 12.2. The molecule has 0 bridgehead atoms. The minimum Gasteiger partial charge on any atom is -0.399 e. The Morgan fingerprint density at radius 2 is 1.85 bits per heavy atom. The maximum Gasteiger partial charge on any atom is 0.289 e. The van der Waals surface area contributed by atoms with Gasteiger partial charge in [-0.2, -0.15) is 0 Å². The van der Waals surface area contributed by atoms with Gasteiger partial charge in [0.2, 0.25) is 20.0 Å². The summed E-state index contributed by atoms with van der Waals surface area (Å²) in [7, 11) is -8.12. The highest BCUT2D eigenvalue weighted by Crippen LogP contribution is 2.25. The van der Waals surface area contributed by atoms with Gasteiger partial charge in [0.1, 0.15) is 0 Å². The van der Waals surface area contributed by atoms with Gasteiger partial charge in [-0.15, -0.1) is 0 Å². The molecule has 0 unspecified atom stereocenters. The largest absolute Gasteiger partial charge is 0.399 e. The molecule has 1 rings (SSSR count). The summed E-state index contributed by atoms with van der Waals surface area (Å²) in [6.45, 7) is -0.507. The van der Waals surface area contributed by atoms with Gasteiger partial charge in [-0.3, -0.25) is 10.1 Å². The molecule has 1 aromatic carbocycles. The number of nitro benzene ring substituents is 1. The molecule has 0 fully saturated rings. The van der Waals surface area contributed by atoms with E-state index in [2.05, 4.69) is 0 Å². The summed E-state index contributed by atoms with van der Waals surface area (Å²) in [5, 5.41) is 15.5. The lowest BCUT2D eigenvalue weighted by Crippen LogP contribution is -2.31. The van der Waals surface area contributed by atoms with Crippen LogP contribution in [0.15, 0.2) is 23.1 Å². The molecule has 0 heterocycles. The molecule has 12 heteroatoms. The maximum absolute atomic E-state index is 11.9. The second-order valence-corrected chi connectivity index (χ2v) is 7.22. The Labute approximate surface area is 115 Å². The van der Waals surface area contributed by atoms with Gasteiger partial charge in [0.15, 0.2) is 4.90 Å². The Morgan fingerprint density at radius 1 is 1.25 bits per heavy atom. The number of benzene rings is 1. The lowest BCUT2D eigenvalue weighted by molar-refractivity contribution is -0.387. The van der Waals surface area contributed by atoms with Crippen LogP contribution in [0.3, 0.4) is 0 Å². The monoisotopic (exact) mass is 324 g/mol. The van der Waals surface area contributed by atoms with E-state index in [1.807, 2.05) is 4.72 Å². The molecule has 0 saturated heterocycles. The molecule has 10 nitrogen and oxygen atoms in total. The third kappa shape index (κ3) is 4.41. The van der Waals surface area contributed by atoms with E-state index < -0.39 is 47.9 Å². The van der Waals surface area contributed by atoms with Gasteiger partial charge < -0.3 is 5.73 Å². The standard InChI is InChI=1S/C8H12N4O6S2/c9-6-1-2-7(12(13)14)8(5-6)20(17,18)11-3-4-19(10,15)16/h1-2,5,11H,3-4,9H2,(H2,10,15,16). The summed E-state index contributed by atoms with van der Waals surface area (Å²) in [5.41, 5.74) is 4.74. The van der Waals surface area contributed by atoms with Gasteiger partial charge in [0, 0.05) is 18.3 Å². The fraction of sp³-hybridized carbons (Fsp3) is 0.250. The summed E-state index contributed by atoms with van der Waals surface area (Å²) in [5.74, 6) is -0.637. The number of nitrogens with zero attached hydrogens (tertiary/aromatic N) is 1. The van der Waals surface area contributed by atoms with Crippen LogP contribution in [0.1, 0.15) is 0 Å². The first-order valence-electron chi connectivity index (χ1n) is 5.07. The number of nitrogens with two attached hydrogens (primary N) is 2. The van der Waals surface area contributed by atoms with Crippen LogP contribution < -0.4 is 15.6 Å². The van der Waals surface area contributed by atoms with Crippen molar-refractivity contribution in [3.63, 3.8) is 0 Å². The highest BCUT2D eigenvalue weighted by Gasteiger charge is 2.25. The summed E-state index contributed by atoms with van der Waals surface area (Å²) in [6.07, 6.45) is 0. The Balaban J connectivity index is 3.09. The summed E-state index contributed by atoms with van der Waals surface area (Å²) in [4.78, 5) is 9.25. The van der Waals surface area contributed by atoms with Crippen molar-refractivity contribution in [2.45, 2.75) is 4.90 Å². The van der Waals surface area contributed by atoms with E-state index in [4.69, 9.17) is 10.9 Å². The Kier molecular flexibility index (Phi) is 4.65. The van der Waals surface area contributed by atoms with E-state index in [1.54, 1.807) is 0 Å². The van der Waals surface area contributed by atoms with Crippen molar-refractivity contribution in [2.75, 3.05) is 18.0 Å². The number of anilines is 1. The Morgan fingerprint density at radius 3 is 2.35 bits per heavy atom. The molecule has 1 aromatic rings. The lowest BCUT2D eigenvalue weighted by atomic mass is 10.3. The number of nitrogens with one attached hydrogen (secondary N) is 1. The highest BCUT2D eigenvalue weighted by molar-refractivity contribution is 7.90. The van der Waals surface area contributed by atoms with E-state index in [1.165, 1.54) is 6.07 Å². The van der Waals surface area contributed by atoms with Crippen LogP contribution in [-0.4, -0.2) is 34.1 Å². The minimum atomic E-state index is -4.27. The van der Waals surface area contributed by atoms with Gasteiger partial charge in [-0.05, 0) is 12.1 Å². The smallest absolute Gasteiger partial charge is 0.289 e. The lowest BCUT2D eigenvalue weighted by Gasteiger charge is -2.07. The van der Waals surface area contributed by atoms with E-state index in [-0.39, 0.29) is 5.69 Å². The average Bonchev–Trinajstić information content (AvgIpc) is 2.26. The van der Waals surface area contributed by atoms with E-state index in [0.717, 1.165) is 12.1 Å². The van der Waals surface area contributed by atoms with Crippen molar-refractivity contribution >= 4 is 31.4 Å². The number of nitrogen functional groups attached to an aromatic ring is 1. The topological polar surface area (TPSA) is 175 Å². The zero-order chi connectivity index (χ0) is 15.6. The van der Waals surface area contributed by atoms with Crippen LogP contribution in [0.2, 0.25) is 0 Å². The van der Waals surface area contributed by atoms with Gasteiger partial charge in [-0.25, -0.2) is 26.7 Å². The SMILES string of the molecule is Nc1ccc([N+](=O)[O-])c(S(=O)(=O)NCCS(N)(=O)=O)c1. The molecule has 0 aromatic heterocycles. The molecular formula is C8H12N4O6S2. The van der Waals surface area contributed by atoms with Crippen LogP contribution in [0.5, 0.6) is 0 Å². The molecular weight excluding hydrogens is 312 g/mol. The van der Waals surface area contributed by atoms with Gasteiger partial charge in [0.25, 0.3) is 5.69 Å². The first kappa shape index (κ1) is 16.3. The summed E-state index contributed by atoms with van der Waals surface area (Å²) >= 11 is 0. The maximum atomic E-state index is 11.9. The van der Waals surface area contributed by atoms with Crippen molar-refractivity contribution in [3.8, 4) is 0 Å². The molecule has 0 atom stereocenters. The zero-order valence-corrected chi connectivity index (χ0v) is 11.6. The third-order valence-corrected chi connectivity index (χ3v) is 4.41. The van der Waals surface area contributed by atoms with Crippen molar-refractivity contribution in [2.24, 2.45) is 5.14 Å². The first-order chi connectivity index (χ1) is 9.03. The fourth-order valence-corrected chi connectivity index (χ4v) is 3.04. The molecule has 0 aliphatic heterocycles. The van der Waals surface area contributed by atoms with Gasteiger partial charge in [-0.1, -0.05) is 0 Å². The van der Waals surface area contributed by atoms with Crippen molar-refractivity contribution in [1.29, 1.82) is 0 Å².